The van der Waals surface area contributed by atoms with E-state index in [1.165, 1.54) is 11.8 Å². The van der Waals surface area contributed by atoms with Crippen LogP contribution in [0.2, 0.25) is 5.02 Å². The number of benzene rings is 3. The Hall–Kier alpha value is -2.65. The fourth-order valence-corrected chi connectivity index (χ4v) is 5.32. The Morgan fingerprint density at radius 3 is 2.42 bits per heavy atom. The summed E-state index contributed by atoms with van der Waals surface area (Å²) in [6.45, 7) is 3.87. The molecule has 33 heavy (non-hydrogen) atoms. The zero-order valence-electron chi connectivity index (χ0n) is 18.2. The maximum absolute atomic E-state index is 12.8. The lowest BCUT2D eigenvalue weighted by Gasteiger charge is -2.14. The van der Waals surface area contributed by atoms with Crippen molar-refractivity contribution in [3.05, 3.63) is 100 Å². The molecule has 1 aromatic heterocycles. The second-order valence-electron chi connectivity index (χ2n) is 7.58. The summed E-state index contributed by atoms with van der Waals surface area (Å²) in [6, 6.07) is 22.4. The number of thioether (sulfide) groups is 1. The van der Waals surface area contributed by atoms with Crippen LogP contribution >= 0.6 is 23.4 Å². The van der Waals surface area contributed by atoms with Crippen LogP contribution in [0.25, 0.3) is 5.69 Å². The summed E-state index contributed by atoms with van der Waals surface area (Å²) in [4.78, 5) is 0.205. The number of aromatic nitrogens is 3. The van der Waals surface area contributed by atoms with Gasteiger partial charge < -0.3 is 0 Å². The van der Waals surface area contributed by atoms with Crippen molar-refractivity contribution in [1.29, 1.82) is 0 Å². The van der Waals surface area contributed by atoms with Gasteiger partial charge in [0.05, 0.1) is 17.1 Å². The van der Waals surface area contributed by atoms with Crippen molar-refractivity contribution < 1.29 is 8.42 Å². The summed E-state index contributed by atoms with van der Waals surface area (Å²) in [5.74, 6) is 1.18. The Bertz CT molecular complexity index is 1360. The van der Waals surface area contributed by atoms with Gasteiger partial charge in [0.25, 0.3) is 0 Å². The minimum absolute atomic E-state index is 0.0128. The van der Waals surface area contributed by atoms with Gasteiger partial charge in [-0.25, -0.2) is 13.1 Å². The largest absolute Gasteiger partial charge is 0.273 e. The SMILES string of the molecule is Cc1ccc(S(=O)(=O)NCc2nnc(SCc3ccccc3)n2-c2cc(Cl)ccc2C)cc1. The van der Waals surface area contributed by atoms with Gasteiger partial charge in [0.2, 0.25) is 10.0 Å². The van der Waals surface area contributed by atoms with E-state index in [1.807, 2.05) is 54.8 Å². The van der Waals surface area contributed by atoms with Crippen LogP contribution in [0.1, 0.15) is 22.5 Å². The zero-order valence-corrected chi connectivity index (χ0v) is 20.6. The molecule has 0 aliphatic rings. The third kappa shape index (κ3) is 5.65. The van der Waals surface area contributed by atoms with E-state index < -0.39 is 10.0 Å². The van der Waals surface area contributed by atoms with Crippen molar-refractivity contribution in [2.75, 3.05) is 0 Å². The first-order valence-corrected chi connectivity index (χ1v) is 13.1. The van der Waals surface area contributed by atoms with Gasteiger partial charge in [-0.1, -0.05) is 77.5 Å². The molecule has 0 radical (unpaired) electrons. The highest BCUT2D eigenvalue weighted by Gasteiger charge is 2.20. The van der Waals surface area contributed by atoms with E-state index in [0.717, 1.165) is 22.4 Å². The van der Waals surface area contributed by atoms with Crippen LogP contribution in [0.4, 0.5) is 0 Å². The van der Waals surface area contributed by atoms with Gasteiger partial charge in [0.1, 0.15) is 0 Å². The average molecular weight is 499 g/mol. The number of hydrogen-bond donors (Lipinski definition) is 1. The first-order chi connectivity index (χ1) is 15.8. The van der Waals surface area contributed by atoms with Gasteiger partial charge >= 0.3 is 0 Å². The van der Waals surface area contributed by atoms with Crippen molar-refractivity contribution in [1.82, 2.24) is 19.5 Å². The molecular weight excluding hydrogens is 476 g/mol. The van der Waals surface area contributed by atoms with E-state index in [1.54, 1.807) is 24.3 Å². The molecule has 0 aliphatic heterocycles. The summed E-state index contributed by atoms with van der Waals surface area (Å²) in [7, 11) is -3.70. The molecule has 0 fully saturated rings. The van der Waals surface area contributed by atoms with Crippen LogP contribution < -0.4 is 4.72 Å². The van der Waals surface area contributed by atoms with E-state index >= 15 is 0 Å². The third-order valence-corrected chi connectivity index (χ3v) is 7.73. The van der Waals surface area contributed by atoms with Gasteiger partial charge in [-0.05, 0) is 49.2 Å². The average Bonchev–Trinajstić information content (AvgIpc) is 3.21. The topological polar surface area (TPSA) is 76.9 Å². The second kappa shape index (κ2) is 10.1. The fourth-order valence-electron chi connectivity index (χ4n) is 3.26. The summed E-state index contributed by atoms with van der Waals surface area (Å²) in [6.07, 6.45) is 0. The highest BCUT2D eigenvalue weighted by Crippen LogP contribution is 2.28. The summed E-state index contributed by atoms with van der Waals surface area (Å²) < 4.78 is 30.1. The molecule has 1 N–H and O–H groups in total. The van der Waals surface area contributed by atoms with Gasteiger partial charge in [0, 0.05) is 10.8 Å². The molecule has 6 nitrogen and oxygen atoms in total. The number of nitrogens with zero attached hydrogens (tertiary/aromatic N) is 3. The molecule has 0 amide bonds. The summed E-state index contributed by atoms with van der Waals surface area (Å²) in [5, 5.41) is 9.91. The van der Waals surface area contributed by atoms with Gasteiger partial charge in [-0.2, -0.15) is 0 Å². The standard InChI is InChI=1S/C24H23ClN4O2S2/c1-17-8-12-21(13-9-17)33(30,31)26-15-23-27-28-24(32-16-19-6-4-3-5-7-19)29(23)22-14-20(25)11-10-18(22)2/h3-14,26H,15-16H2,1-2H3. The Balaban J connectivity index is 1.65. The van der Waals surface area contributed by atoms with Crippen LogP contribution in [-0.4, -0.2) is 23.2 Å². The fraction of sp³-hybridized carbons (Fsp3) is 0.167. The van der Waals surface area contributed by atoms with Crippen LogP contribution in [0.5, 0.6) is 0 Å². The lowest BCUT2D eigenvalue weighted by molar-refractivity contribution is 0.578. The molecule has 0 saturated carbocycles. The van der Waals surface area contributed by atoms with Gasteiger partial charge in [-0.15, -0.1) is 10.2 Å². The molecule has 4 aromatic rings. The van der Waals surface area contributed by atoms with Gasteiger partial charge in [-0.3, -0.25) is 4.57 Å². The van der Waals surface area contributed by atoms with Crippen molar-refractivity contribution in [2.24, 2.45) is 0 Å². The monoisotopic (exact) mass is 498 g/mol. The molecule has 0 saturated heterocycles. The van der Waals surface area contributed by atoms with Crippen molar-refractivity contribution in [2.45, 2.75) is 36.2 Å². The smallest absolute Gasteiger partial charge is 0.240 e. The minimum atomic E-state index is -3.70. The van der Waals surface area contributed by atoms with Crippen molar-refractivity contribution in [3.63, 3.8) is 0 Å². The van der Waals surface area contributed by atoms with E-state index in [2.05, 4.69) is 27.1 Å². The normalized spacial score (nSPS) is 11.6. The highest BCUT2D eigenvalue weighted by molar-refractivity contribution is 7.98. The Morgan fingerprint density at radius 1 is 0.970 bits per heavy atom. The third-order valence-electron chi connectivity index (χ3n) is 5.07. The number of rotatable bonds is 8. The maximum Gasteiger partial charge on any atom is 0.240 e. The van der Waals surface area contributed by atoms with Crippen molar-refractivity contribution in [3.8, 4) is 5.69 Å². The number of aryl methyl sites for hydroxylation is 2. The van der Waals surface area contributed by atoms with Crippen LogP contribution in [0, 0.1) is 13.8 Å². The molecule has 1 heterocycles. The molecule has 0 bridgehead atoms. The maximum atomic E-state index is 12.8. The van der Waals surface area contributed by atoms with E-state index in [4.69, 9.17) is 11.6 Å². The molecule has 4 rings (SSSR count). The predicted octanol–water partition coefficient (Wildman–Crippen LogP) is 5.31. The predicted molar refractivity (Wildman–Crippen MR) is 132 cm³/mol. The van der Waals surface area contributed by atoms with E-state index in [0.29, 0.717) is 21.8 Å². The molecule has 0 spiro atoms. The Kier molecular flexibility index (Phi) is 7.19. The van der Waals surface area contributed by atoms with Crippen LogP contribution in [0.3, 0.4) is 0 Å². The lowest BCUT2D eigenvalue weighted by Crippen LogP contribution is -2.25. The van der Waals surface area contributed by atoms with Crippen molar-refractivity contribution >= 4 is 33.4 Å². The summed E-state index contributed by atoms with van der Waals surface area (Å²) in [5.41, 5.74) is 3.93. The zero-order chi connectivity index (χ0) is 23.4. The van der Waals surface area contributed by atoms with Crippen LogP contribution in [0.15, 0.2) is 82.8 Å². The lowest BCUT2D eigenvalue weighted by atomic mass is 10.2. The van der Waals surface area contributed by atoms with E-state index in [-0.39, 0.29) is 11.4 Å². The molecule has 0 atom stereocenters. The number of halogens is 1. The number of hydrogen-bond acceptors (Lipinski definition) is 5. The quantitative estimate of drug-likeness (QED) is 0.333. The Labute approximate surface area is 203 Å². The summed E-state index contributed by atoms with van der Waals surface area (Å²) >= 11 is 7.81. The van der Waals surface area contributed by atoms with E-state index in [9.17, 15) is 8.42 Å². The number of nitrogens with one attached hydrogen (secondary N) is 1. The number of sulfonamides is 1. The van der Waals surface area contributed by atoms with Crippen LogP contribution in [-0.2, 0) is 22.3 Å². The molecule has 170 valence electrons. The Morgan fingerprint density at radius 2 is 1.70 bits per heavy atom. The highest BCUT2D eigenvalue weighted by atomic mass is 35.5. The molecule has 0 unspecified atom stereocenters. The second-order valence-corrected chi connectivity index (χ2v) is 10.7. The molecule has 3 aromatic carbocycles. The molecular formula is C24H23ClN4O2S2. The first kappa shape index (κ1) is 23.5. The first-order valence-electron chi connectivity index (χ1n) is 10.3. The molecule has 0 aliphatic carbocycles. The molecule has 9 heteroatoms. The van der Waals surface area contributed by atoms with Gasteiger partial charge in [0.15, 0.2) is 11.0 Å². The minimum Gasteiger partial charge on any atom is -0.273 e.